The van der Waals surface area contributed by atoms with Crippen LogP contribution in [0.5, 0.6) is 0 Å². The molecule has 1 aromatic heterocycles. The van der Waals surface area contributed by atoms with Crippen molar-refractivity contribution in [1.29, 1.82) is 5.26 Å². The van der Waals surface area contributed by atoms with Crippen LogP contribution in [0.3, 0.4) is 0 Å². The van der Waals surface area contributed by atoms with Crippen LogP contribution in [0.4, 0.5) is 0 Å². The minimum absolute atomic E-state index is 0.0136. The van der Waals surface area contributed by atoms with Gasteiger partial charge in [0.2, 0.25) is 5.41 Å². The summed E-state index contributed by atoms with van der Waals surface area (Å²) < 4.78 is 15.1. The van der Waals surface area contributed by atoms with Gasteiger partial charge in [0.1, 0.15) is 5.60 Å². The zero-order valence-electron chi connectivity index (χ0n) is 16.2. The van der Waals surface area contributed by atoms with Gasteiger partial charge in [-0.15, -0.1) is 0 Å². The smallest absolute Gasteiger partial charge is 0.339 e. The maximum absolute atomic E-state index is 12.8. The van der Waals surface area contributed by atoms with E-state index in [0.717, 1.165) is 0 Å². The lowest BCUT2D eigenvalue weighted by molar-refractivity contribution is -0.163. The molecule has 0 aliphatic carbocycles. The number of nitriles is 1. The molecule has 0 aliphatic rings. The molecule has 0 aromatic carbocycles. The highest BCUT2D eigenvalue weighted by Gasteiger charge is 2.48. The van der Waals surface area contributed by atoms with E-state index >= 15 is 0 Å². The summed E-state index contributed by atoms with van der Waals surface area (Å²) in [6.45, 7) is 8.53. The molecule has 0 saturated carbocycles. The lowest BCUT2D eigenvalue weighted by Crippen LogP contribution is -2.43. The monoisotopic (exact) mass is 376 g/mol. The molecular weight excluding hydrogens is 352 g/mol. The Labute approximate surface area is 158 Å². The molecule has 0 amide bonds. The van der Waals surface area contributed by atoms with E-state index in [4.69, 9.17) is 14.2 Å². The average Bonchev–Trinajstić information content (AvgIpc) is 2.58. The van der Waals surface area contributed by atoms with Gasteiger partial charge in [-0.2, -0.15) is 5.26 Å². The Hall–Kier alpha value is -2.95. The summed E-state index contributed by atoms with van der Waals surface area (Å²) in [5.74, 6) is -2.23. The van der Waals surface area contributed by atoms with Crippen LogP contribution in [-0.2, 0) is 29.2 Å². The molecule has 0 saturated heterocycles. The number of pyridine rings is 1. The quantitative estimate of drug-likeness (QED) is 0.526. The summed E-state index contributed by atoms with van der Waals surface area (Å²) in [5.41, 5.74) is -2.72. The van der Waals surface area contributed by atoms with Gasteiger partial charge in [-0.3, -0.25) is 9.78 Å². The summed E-state index contributed by atoms with van der Waals surface area (Å²) in [7, 11) is 0. The second-order valence-corrected chi connectivity index (χ2v) is 6.65. The molecule has 8 heteroatoms. The molecule has 0 bridgehead atoms. The third-order valence-corrected chi connectivity index (χ3v) is 3.36. The molecule has 0 spiro atoms. The summed E-state index contributed by atoms with van der Waals surface area (Å²) in [5, 5.41) is 9.79. The summed E-state index contributed by atoms with van der Waals surface area (Å²) in [4.78, 5) is 40.7. The molecule has 8 nitrogen and oxygen atoms in total. The maximum Gasteiger partial charge on any atom is 0.339 e. The topological polar surface area (TPSA) is 116 Å². The van der Waals surface area contributed by atoms with Crippen LogP contribution in [0.2, 0.25) is 0 Å². The van der Waals surface area contributed by atoms with E-state index in [9.17, 15) is 19.6 Å². The lowest BCUT2D eigenvalue weighted by atomic mass is 9.81. The van der Waals surface area contributed by atoms with E-state index in [-0.39, 0.29) is 24.5 Å². The van der Waals surface area contributed by atoms with E-state index in [1.54, 1.807) is 34.6 Å². The van der Waals surface area contributed by atoms with Crippen LogP contribution in [0, 0.1) is 11.3 Å². The number of carbonyl (C=O) groups excluding carboxylic acids is 3. The van der Waals surface area contributed by atoms with E-state index in [0.29, 0.717) is 0 Å². The molecule has 0 fully saturated rings. The fourth-order valence-electron chi connectivity index (χ4n) is 2.18. The summed E-state index contributed by atoms with van der Waals surface area (Å²) >= 11 is 0. The van der Waals surface area contributed by atoms with E-state index < -0.39 is 35.3 Å². The molecule has 27 heavy (non-hydrogen) atoms. The van der Waals surface area contributed by atoms with Crippen molar-refractivity contribution in [2.75, 3.05) is 13.2 Å². The van der Waals surface area contributed by atoms with Crippen molar-refractivity contribution in [3.05, 3.63) is 29.6 Å². The number of hydrogen-bond acceptors (Lipinski definition) is 8. The van der Waals surface area contributed by atoms with Gasteiger partial charge in [0.05, 0.1) is 37.0 Å². The van der Waals surface area contributed by atoms with Crippen molar-refractivity contribution in [1.82, 2.24) is 4.98 Å². The average molecular weight is 376 g/mol. The van der Waals surface area contributed by atoms with Crippen LogP contribution in [0.15, 0.2) is 18.3 Å². The molecule has 0 radical (unpaired) electrons. The molecule has 1 rings (SSSR count). The minimum Gasteiger partial charge on any atom is -0.466 e. The van der Waals surface area contributed by atoms with Gasteiger partial charge in [-0.05, 0) is 46.8 Å². The Balaban J connectivity index is 3.35. The van der Waals surface area contributed by atoms with Gasteiger partial charge < -0.3 is 14.2 Å². The van der Waals surface area contributed by atoms with Gasteiger partial charge >= 0.3 is 17.9 Å². The Morgan fingerprint density at radius 1 is 1.11 bits per heavy atom. The molecule has 146 valence electrons. The largest absolute Gasteiger partial charge is 0.466 e. The standard InChI is InChI=1S/C19H24N2O6/c1-6-25-15(22)10-19(12-20,17(24)27-18(3,4)5)14-9-8-13(11-21-14)16(23)26-7-2/h8-9,11H,6-7,10H2,1-5H3. The Bertz CT molecular complexity index is 730. The first-order valence-corrected chi connectivity index (χ1v) is 8.53. The predicted molar refractivity (Wildman–Crippen MR) is 94.6 cm³/mol. The normalized spacial score (nSPS) is 13.0. The number of carbonyl (C=O) groups is 3. The number of esters is 3. The fraction of sp³-hybridized carbons (Fsp3) is 0.526. The van der Waals surface area contributed by atoms with E-state index in [1.807, 2.05) is 6.07 Å². The van der Waals surface area contributed by atoms with Crippen LogP contribution >= 0.6 is 0 Å². The number of hydrogen-bond donors (Lipinski definition) is 0. The number of aromatic nitrogens is 1. The zero-order chi connectivity index (χ0) is 20.7. The third kappa shape index (κ3) is 5.78. The van der Waals surface area contributed by atoms with Crippen LogP contribution in [0.25, 0.3) is 0 Å². The Morgan fingerprint density at radius 3 is 2.19 bits per heavy atom. The first-order chi connectivity index (χ1) is 12.6. The molecule has 1 atom stereocenters. The maximum atomic E-state index is 12.8. The fourth-order valence-corrected chi connectivity index (χ4v) is 2.18. The second kappa shape index (κ2) is 9.12. The molecule has 0 N–H and O–H groups in total. The Kier molecular flexibility index (Phi) is 7.46. The first kappa shape index (κ1) is 22.1. The minimum atomic E-state index is -1.99. The van der Waals surface area contributed by atoms with E-state index in [1.165, 1.54) is 18.3 Å². The van der Waals surface area contributed by atoms with Gasteiger partial charge in [0, 0.05) is 6.20 Å². The van der Waals surface area contributed by atoms with Crippen molar-refractivity contribution in [3.8, 4) is 6.07 Å². The van der Waals surface area contributed by atoms with Crippen LogP contribution < -0.4 is 0 Å². The highest BCUT2D eigenvalue weighted by Crippen LogP contribution is 2.30. The predicted octanol–water partition coefficient (Wildman–Crippen LogP) is 2.31. The number of ether oxygens (including phenoxy) is 3. The number of nitrogens with zero attached hydrogens (tertiary/aromatic N) is 2. The summed E-state index contributed by atoms with van der Waals surface area (Å²) in [6, 6.07) is 4.57. The molecule has 1 aromatic rings. The van der Waals surface area contributed by atoms with E-state index in [2.05, 4.69) is 4.98 Å². The molecule has 0 aliphatic heterocycles. The van der Waals surface area contributed by atoms with Crippen molar-refractivity contribution >= 4 is 17.9 Å². The molecule has 1 heterocycles. The first-order valence-electron chi connectivity index (χ1n) is 8.53. The molecular formula is C19H24N2O6. The Morgan fingerprint density at radius 2 is 1.74 bits per heavy atom. The van der Waals surface area contributed by atoms with Crippen molar-refractivity contribution in [3.63, 3.8) is 0 Å². The van der Waals surface area contributed by atoms with Crippen molar-refractivity contribution in [2.45, 2.75) is 52.1 Å². The highest BCUT2D eigenvalue weighted by atomic mass is 16.6. The third-order valence-electron chi connectivity index (χ3n) is 3.36. The highest BCUT2D eigenvalue weighted by molar-refractivity contribution is 5.92. The molecule has 1 unspecified atom stereocenters. The summed E-state index contributed by atoms with van der Waals surface area (Å²) in [6.07, 6.45) is 0.632. The van der Waals surface area contributed by atoms with Crippen LogP contribution in [-0.4, -0.2) is 41.7 Å². The zero-order valence-corrected chi connectivity index (χ0v) is 16.2. The lowest BCUT2D eigenvalue weighted by Gasteiger charge is -2.28. The van der Waals surface area contributed by atoms with Crippen molar-refractivity contribution in [2.24, 2.45) is 0 Å². The SMILES string of the molecule is CCOC(=O)CC(C#N)(C(=O)OC(C)(C)C)c1ccc(C(=O)OCC)cn1. The van der Waals surface area contributed by atoms with Gasteiger partial charge in [-0.25, -0.2) is 9.59 Å². The van der Waals surface area contributed by atoms with Gasteiger partial charge in [0.15, 0.2) is 0 Å². The van der Waals surface area contributed by atoms with Gasteiger partial charge in [-0.1, -0.05) is 0 Å². The van der Waals surface area contributed by atoms with Crippen molar-refractivity contribution < 1.29 is 28.6 Å². The van der Waals surface area contributed by atoms with Crippen LogP contribution in [0.1, 0.15) is 57.1 Å². The van der Waals surface area contributed by atoms with Gasteiger partial charge in [0.25, 0.3) is 0 Å². The second-order valence-electron chi connectivity index (χ2n) is 6.65. The number of rotatable bonds is 7.